The molecule has 0 spiro atoms. The molecule has 0 saturated carbocycles. The van der Waals surface area contributed by atoms with Gasteiger partial charge < -0.3 is 14.8 Å². The van der Waals surface area contributed by atoms with Crippen molar-refractivity contribution in [2.45, 2.75) is 6.92 Å². The van der Waals surface area contributed by atoms with Gasteiger partial charge >= 0.3 is 0 Å². The van der Waals surface area contributed by atoms with Crippen LogP contribution in [-0.2, 0) is 0 Å². The van der Waals surface area contributed by atoms with E-state index in [4.69, 9.17) is 4.74 Å². The second-order valence-electron chi connectivity index (χ2n) is 3.35. The number of Topliss-reactive ketones (excluding diaryl/α,β-unsaturated/α-hetero) is 1. The summed E-state index contributed by atoms with van der Waals surface area (Å²) in [4.78, 5) is 14.1. The Balaban J connectivity index is 2.66. The summed E-state index contributed by atoms with van der Waals surface area (Å²) in [6.07, 6.45) is 0. The molecule has 0 aliphatic heterocycles. The van der Waals surface area contributed by atoms with Gasteiger partial charge in [0, 0.05) is 23.9 Å². The number of fused-ring (bicyclic) bond motifs is 1. The lowest BCUT2D eigenvalue weighted by Gasteiger charge is -2.02. The van der Waals surface area contributed by atoms with Crippen LogP contribution in [0.2, 0.25) is 0 Å². The molecule has 0 fully saturated rings. The van der Waals surface area contributed by atoms with Crippen molar-refractivity contribution in [3.63, 3.8) is 0 Å². The Kier molecular flexibility index (Phi) is 2.11. The third-order valence-electron chi connectivity index (χ3n) is 2.30. The second kappa shape index (κ2) is 3.31. The van der Waals surface area contributed by atoms with Gasteiger partial charge in [-0.15, -0.1) is 0 Å². The number of benzene rings is 1. The molecule has 0 bridgehead atoms. The van der Waals surface area contributed by atoms with E-state index in [9.17, 15) is 9.90 Å². The topological polar surface area (TPSA) is 62.3 Å². The molecule has 2 rings (SSSR count). The van der Waals surface area contributed by atoms with E-state index >= 15 is 0 Å². The number of phenols is 1. The van der Waals surface area contributed by atoms with Crippen LogP contribution in [0.5, 0.6) is 11.5 Å². The number of aromatic nitrogens is 1. The summed E-state index contributed by atoms with van der Waals surface area (Å²) in [5.74, 6) is 0.420. The van der Waals surface area contributed by atoms with Crippen molar-refractivity contribution in [1.29, 1.82) is 0 Å². The van der Waals surface area contributed by atoms with Gasteiger partial charge in [0.05, 0.1) is 12.8 Å². The predicted octanol–water partition coefficient (Wildman–Crippen LogP) is 2.08. The number of phenolic OH excluding ortho intramolecular Hbond substituents is 1. The number of nitrogens with one attached hydrogen (secondary N) is 1. The minimum atomic E-state index is -0.0374. The van der Waals surface area contributed by atoms with Crippen molar-refractivity contribution in [2.75, 3.05) is 7.11 Å². The van der Waals surface area contributed by atoms with Crippen molar-refractivity contribution in [1.82, 2.24) is 4.98 Å². The van der Waals surface area contributed by atoms with Gasteiger partial charge in [0.1, 0.15) is 0 Å². The SMILES string of the molecule is COc1cc2[nH]c(C(C)=O)cc2cc1O. The van der Waals surface area contributed by atoms with Crippen LogP contribution in [0.15, 0.2) is 18.2 Å². The first-order valence-electron chi connectivity index (χ1n) is 4.52. The highest BCUT2D eigenvalue weighted by atomic mass is 16.5. The molecule has 78 valence electrons. The van der Waals surface area contributed by atoms with Crippen LogP contribution in [0.1, 0.15) is 17.4 Å². The smallest absolute Gasteiger partial charge is 0.175 e. The highest BCUT2D eigenvalue weighted by molar-refractivity contribution is 5.98. The molecule has 0 radical (unpaired) electrons. The van der Waals surface area contributed by atoms with E-state index in [-0.39, 0.29) is 11.5 Å². The van der Waals surface area contributed by atoms with Crippen LogP contribution < -0.4 is 4.74 Å². The van der Waals surface area contributed by atoms with E-state index in [1.807, 2.05) is 0 Å². The van der Waals surface area contributed by atoms with Gasteiger partial charge in [0.25, 0.3) is 0 Å². The summed E-state index contributed by atoms with van der Waals surface area (Å²) >= 11 is 0. The number of methoxy groups -OCH3 is 1. The Bertz CT molecular complexity index is 528. The Hall–Kier alpha value is -1.97. The van der Waals surface area contributed by atoms with E-state index in [1.54, 1.807) is 18.2 Å². The predicted molar refractivity (Wildman–Crippen MR) is 56.5 cm³/mol. The fraction of sp³-hybridized carbons (Fsp3) is 0.182. The highest BCUT2D eigenvalue weighted by Gasteiger charge is 2.08. The quantitative estimate of drug-likeness (QED) is 0.738. The maximum Gasteiger partial charge on any atom is 0.175 e. The van der Waals surface area contributed by atoms with Crippen LogP contribution in [0.3, 0.4) is 0 Å². The number of ketones is 1. The summed E-state index contributed by atoms with van der Waals surface area (Å²) < 4.78 is 4.97. The fourth-order valence-corrected chi connectivity index (χ4v) is 1.50. The minimum absolute atomic E-state index is 0.0374. The van der Waals surface area contributed by atoms with Crippen molar-refractivity contribution < 1.29 is 14.6 Å². The van der Waals surface area contributed by atoms with Crippen LogP contribution in [0.25, 0.3) is 10.9 Å². The van der Waals surface area contributed by atoms with Gasteiger partial charge in [-0.1, -0.05) is 0 Å². The highest BCUT2D eigenvalue weighted by Crippen LogP contribution is 2.31. The number of carbonyl (C=O) groups excluding carboxylic acids is 1. The maximum absolute atomic E-state index is 11.1. The van der Waals surface area contributed by atoms with Gasteiger partial charge in [0.15, 0.2) is 17.3 Å². The van der Waals surface area contributed by atoms with E-state index in [1.165, 1.54) is 14.0 Å². The van der Waals surface area contributed by atoms with Gasteiger partial charge in [-0.3, -0.25) is 4.79 Å². The largest absolute Gasteiger partial charge is 0.504 e. The number of aromatic amines is 1. The first-order valence-corrected chi connectivity index (χ1v) is 4.52. The monoisotopic (exact) mass is 205 g/mol. The van der Waals surface area contributed by atoms with Crippen molar-refractivity contribution in [3.05, 3.63) is 23.9 Å². The average Bonchev–Trinajstić information content (AvgIpc) is 2.59. The zero-order chi connectivity index (χ0) is 11.0. The molecule has 4 heteroatoms. The fourth-order valence-electron chi connectivity index (χ4n) is 1.50. The van der Waals surface area contributed by atoms with Gasteiger partial charge in [-0.05, 0) is 12.1 Å². The molecule has 0 aliphatic rings. The molecule has 0 unspecified atom stereocenters. The summed E-state index contributed by atoms with van der Waals surface area (Å²) in [5.41, 5.74) is 1.30. The molecule has 15 heavy (non-hydrogen) atoms. The Morgan fingerprint density at radius 3 is 2.73 bits per heavy atom. The standard InChI is InChI=1S/C11H11NO3/c1-6(13)8-3-7-4-10(14)11(15-2)5-9(7)12-8/h3-5,12,14H,1-2H3. The lowest BCUT2D eigenvalue weighted by molar-refractivity contribution is 0.101. The number of carbonyl (C=O) groups is 1. The first-order chi connectivity index (χ1) is 7.11. The Morgan fingerprint density at radius 2 is 2.13 bits per heavy atom. The van der Waals surface area contributed by atoms with Crippen molar-refractivity contribution in [2.24, 2.45) is 0 Å². The normalized spacial score (nSPS) is 10.5. The maximum atomic E-state index is 11.1. The molecule has 1 aromatic heterocycles. The lowest BCUT2D eigenvalue weighted by atomic mass is 10.2. The summed E-state index contributed by atoms with van der Waals surface area (Å²) in [7, 11) is 1.48. The molecule has 0 saturated heterocycles. The third kappa shape index (κ3) is 1.54. The molecular weight excluding hydrogens is 194 g/mol. The molecule has 4 nitrogen and oxygen atoms in total. The number of hydrogen-bond donors (Lipinski definition) is 2. The Morgan fingerprint density at radius 1 is 1.40 bits per heavy atom. The molecule has 0 atom stereocenters. The van der Waals surface area contributed by atoms with Gasteiger partial charge in [-0.2, -0.15) is 0 Å². The molecule has 2 N–H and O–H groups in total. The summed E-state index contributed by atoms with van der Waals surface area (Å²) in [5, 5.41) is 10.3. The van der Waals surface area contributed by atoms with Gasteiger partial charge in [0.2, 0.25) is 0 Å². The Labute approximate surface area is 86.5 Å². The summed E-state index contributed by atoms with van der Waals surface area (Å²) in [6, 6.07) is 4.94. The molecule has 0 amide bonds. The van der Waals surface area contributed by atoms with Crippen molar-refractivity contribution in [3.8, 4) is 11.5 Å². The van der Waals surface area contributed by atoms with Crippen LogP contribution in [-0.4, -0.2) is 23.0 Å². The van der Waals surface area contributed by atoms with Crippen LogP contribution in [0, 0.1) is 0 Å². The van der Waals surface area contributed by atoms with E-state index in [2.05, 4.69) is 4.98 Å². The lowest BCUT2D eigenvalue weighted by Crippen LogP contribution is -1.89. The van der Waals surface area contributed by atoms with Gasteiger partial charge in [-0.25, -0.2) is 0 Å². The first kappa shape index (κ1) is 9.58. The van der Waals surface area contributed by atoms with E-state index in [0.717, 1.165) is 10.9 Å². The summed E-state index contributed by atoms with van der Waals surface area (Å²) in [6.45, 7) is 1.49. The van der Waals surface area contributed by atoms with Crippen LogP contribution >= 0.6 is 0 Å². The zero-order valence-electron chi connectivity index (χ0n) is 8.50. The molecular formula is C11H11NO3. The number of rotatable bonds is 2. The number of ether oxygens (including phenoxy) is 1. The molecule has 1 heterocycles. The average molecular weight is 205 g/mol. The number of H-pyrrole nitrogens is 1. The van der Waals surface area contributed by atoms with Crippen molar-refractivity contribution >= 4 is 16.7 Å². The number of aromatic hydroxyl groups is 1. The second-order valence-corrected chi connectivity index (χ2v) is 3.35. The third-order valence-corrected chi connectivity index (χ3v) is 2.30. The van der Waals surface area contributed by atoms with E-state index < -0.39 is 0 Å². The minimum Gasteiger partial charge on any atom is -0.504 e. The molecule has 0 aliphatic carbocycles. The van der Waals surface area contributed by atoms with E-state index in [0.29, 0.717) is 11.4 Å². The number of hydrogen-bond acceptors (Lipinski definition) is 3. The van der Waals surface area contributed by atoms with Crippen LogP contribution in [0.4, 0.5) is 0 Å². The molecule has 1 aromatic carbocycles. The molecule has 2 aromatic rings. The zero-order valence-corrected chi connectivity index (χ0v) is 8.50.